The van der Waals surface area contributed by atoms with Crippen LogP contribution in [-0.2, 0) is 20.9 Å². The molecule has 3 heterocycles. The summed E-state index contributed by atoms with van der Waals surface area (Å²) in [7, 11) is 0. The highest BCUT2D eigenvalue weighted by molar-refractivity contribution is 7.20. The summed E-state index contributed by atoms with van der Waals surface area (Å²) in [5.74, 6) is -0.754. The van der Waals surface area contributed by atoms with Gasteiger partial charge in [-0.15, -0.1) is 11.3 Å². The summed E-state index contributed by atoms with van der Waals surface area (Å²) in [6.45, 7) is 5.65. The van der Waals surface area contributed by atoms with E-state index in [0.29, 0.717) is 37.6 Å². The number of piperazine rings is 1. The predicted octanol–water partition coefficient (Wildman–Crippen LogP) is 2.30. The largest absolute Gasteiger partial charge is 0.451 e. The van der Waals surface area contributed by atoms with E-state index in [1.807, 2.05) is 41.9 Å². The Labute approximate surface area is 184 Å². The van der Waals surface area contributed by atoms with Crippen LogP contribution >= 0.6 is 11.3 Å². The highest BCUT2D eigenvalue weighted by atomic mass is 32.1. The Kier molecular flexibility index (Phi) is 6.03. The smallest absolute Gasteiger partial charge is 0.348 e. The van der Waals surface area contributed by atoms with Gasteiger partial charge in [0, 0.05) is 38.5 Å². The zero-order valence-electron chi connectivity index (χ0n) is 17.5. The van der Waals surface area contributed by atoms with E-state index < -0.39 is 5.97 Å². The molecule has 2 amide bonds. The van der Waals surface area contributed by atoms with Gasteiger partial charge in [-0.05, 0) is 18.6 Å². The van der Waals surface area contributed by atoms with Gasteiger partial charge in [-0.2, -0.15) is 5.10 Å². The van der Waals surface area contributed by atoms with E-state index in [0.717, 1.165) is 21.5 Å². The number of aryl methyl sites for hydroxylation is 1. The molecule has 1 aromatic carbocycles. The molecule has 0 saturated carbocycles. The summed E-state index contributed by atoms with van der Waals surface area (Å²) in [5, 5.41) is 5.50. The number of hydrogen-bond donors (Lipinski definition) is 0. The lowest BCUT2D eigenvalue weighted by Crippen LogP contribution is -2.51. The number of aromatic nitrogens is 2. The molecule has 0 radical (unpaired) electrons. The number of rotatable bonds is 5. The molecule has 2 aromatic heterocycles. The number of fused-ring (bicyclic) bond motifs is 1. The summed E-state index contributed by atoms with van der Waals surface area (Å²) in [4.78, 5) is 41.0. The third-order valence-corrected chi connectivity index (χ3v) is 6.52. The molecule has 4 rings (SSSR count). The first-order valence-electron chi connectivity index (χ1n) is 10.1. The summed E-state index contributed by atoms with van der Waals surface area (Å²) in [6, 6.07) is 11.8. The number of amides is 2. The molecule has 0 aliphatic carbocycles. The zero-order valence-corrected chi connectivity index (χ0v) is 18.4. The molecular formula is C22H24N4O4S. The second-order valence-electron chi connectivity index (χ2n) is 7.52. The molecule has 3 aromatic rings. The van der Waals surface area contributed by atoms with Gasteiger partial charge < -0.3 is 14.5 Å². The average molecular weight is 441 g/mol. The molecule has 162 valence electrons. The maximum absolute atomic E-state index is 12.6. The first-order chi connectivity index (χ1) is 14.9. The second-order valence-corrected chi connectivity index (χ2v) is 8.55. The van der Waals surface area contributed by atoms with Crippen LogP contribution in [0.2, 0.25) is 0 Å². The van der Waals surface area contributed by atoms with Crippen LogP contribution < -0.4 is 0 Å². The molecule has 0 unspecified atom stereocenters. The van der Waals surface area contributed by atoms with Crippen LogP contribution in [0.3, 0.4) is 0 Å². The van der Waals surface area contributed by atoms with Crippen molar-refractivity contribution in [3.8, 4) is 0 Å². The third kappa shape index (κ3) is 4.61. The molecule has 1 fully saturated rings. The fraction of sp³-hybridized carbons (Fsp3) is 0.364. The van der Waals surface area contributed by atoms with Crippen molar-refractivity contribution in [3.05, 3.63) is 52.5 Å². The van der Waals surface area contributed by atoms with Crippen LogP contribution in [0, 0.1) is 6.92 Å². The SMILES string of the molecule is CC(=O)N1CCN(C(=O)COC(=O)c2cc3c(C)nn(Cc4ccccc4)c3s2)CC1. The van der Waals surface area contributed by atoms with Crippen molar-refractivity contribution in [2.45, 2.75) is 20.4 Å². The van der Waals surface area contributed by atoms with E-state index >= 15 is 0 Å². The lowest BCUT2D eigenvalue weighted by Gasteiger charge is -2.34. The average Bonchev–Trinajstić information content (AvgIpc) is 3.34. The number of hydrogen-bond acceptors (Lipinski definition) is 6. The van der Waals surface area contributed by atoms with Crippen LogP contribution in [0.4, 0.5) is 0 Å². The Morgan fingerprint density at radius 1 is 1.06 bits per heavy atom. The molecule has 1 aliphatic rings. The monoisotopic (exact) mass is 440 g/mol. The number of carbonyl (C=O) groups is 3. The van der Waals surface area contributed by atoms with Crippen molar-refractivity contribution in [2.24, 2.45) is 0 Å². The minimum atomic E-state index is -0.511. The Balaban J connectivity index is 1.39. The van der Waals surface area contributed by atoms with Crippen molar-refractivity contribution in [1.29, 1.82) is 0 Å². The van der Waals surface area contributed by atoms with Crippen molar-refractivity contribution in [3.63, 3.8) is 0 Å². The topological polar surface area (TPSA) is 84.7 Å². The Hall–Kier alpha value is -3.20. The molecule has 1 saturated heterocycles. The first-order valence-corrected chi connectivity index (χ1v) is 11.0. The quantitative estimate of drug-likeness (QED) is 0.569. The molecule has 0 bridgehead atoms. The van der Waals surface area contributed by atoms with Gasteiger partial charge in [-0.3, -0.25) is 14.3 Å². The van der Waals surface area contributed by atoms with Gasteiger partial charge in [0.15, 0.2) is 6.61 Å². The number of nitrogens with zero attached hydrogens (tertiary/aromatic N) is 4. The van der Waals surface area contributed by atoms with E-state index in [9.17, 15) is 14.4 Å². The number of thiophene rings is 1. The fourth-order valence-corrected chi connectivity index (χ4v) is 4.69. The Bertz CT molecular complexity index is 1110. The highest BCUT2D eigenvalue weighted by Crippen LogP contribution is 2.29. The number of ether oxygens (including phenoxy) is 1. The minimum absolute atomic E-state index is 0.00408. The third-order valence-electron chi connectivity index (χ3n) is 5.39. The predicted molar refractivity (Wildman–Crippen MR) is 117 cm³/mol. The molecule has 31 heavy (non-hydrogen) atoms. The van der Waals surface area contributed by atoms with Gasteiger partial charge in [0.1, 0.15) is 9.71 Å². The summed E-state index contributed by atoms with van der Waals surface area (Å²) in [6.07, 6.45) is 0. The van der Waals surface area contributed by atoms with E-state index in [2.05, 4.69) is 5.10 Å². The van der Waals surface area contributed by atoms with Crippen molar-refractivity contribution in [1.82, 2.24) is 19.6 Å². The minimum Gasteiger partial charge on any atom is -0.451 e. The van der Waals surface area contributed by atoms with Gasteiger partial charge in [0.25, 0.3) is 5.91 Å². The molecule has 0 atom stereocenters. The van der Waals surface area contributed by atoms with E-state index in [1.54, 1.807) is 15.9 Å². The fourth-order valence-electron chi connectivity index (χ4n) is 3.64. The maximum Gasteiger partial charge on any atom is 0.348 e. The van der Waals surface area contributed by atoms with Crippen LogP contribution in [0.1, 0.15) is 27.9 Å². The molecule has 9 heteroatoms. The standard InChI is InChI=1S/C22H24N4O4S/c1-15-18-12-19(31-21(18)26(23-15)13-17-6-4-3-5-7-17)22(29)30-14-20(28)25-10-8-24(9-11-25)16(2)27/h3-7,12H,8-11,13-14H2,1-2H3. The van der Waals surface area contributed by atoms with E-state index in [1.165, 1.54) is 18.3 Å². The van der Waals surface area contributed by atoms with Gasteiger partial charge in [0.05, 0.1) is 12.2 Å². The Morgan fingerprint density at radius 3 is 2.42 bits per heavy atom. The summed E-state index contributed by atoms with van der Waals surface area (Å²) >= 11 is 1.32. The van der Waals surface area contributed by atoms with Crippen molar-refractivity contribution >= 4 is 39.3 Å². The van der Waals surface area contributed by atoms with E-state index in [-0.39, 0.29) is 18.4 Å². The van der Waals surface area contributed by atoms with Crippen molar-refractivity contribution < 1.29 is 19.1 Å². The summed E-state index contributed by atoms with van der Waals surface area (Å²) in [5.41, 5.74) is 1.97. The molecule has 8 nitrogen and oxygen atoms in total. The Morgan fingerprint density at radius 2 is 1.74 bits per heavy atom. The highest BCUT2D eigenvalue weighted by Gasteiger charge is 2.24. The van der Waals surface area contributed by atoms with Crippen LogP contribution in [0.25, 0.3) is 10.2 Å². The number of carbonyl (C=O) groups excluding carboxylic acids is 3. The normalized spacial score (nSPS) is 14.1. The lowest BCUT2D eigenvalue weighted by atomic mass is 10.2. The van der Waals surface area contributed by atoms with Gasteiger partial charge in [-0.1, -0.05) is 30.3 Å². The number of benzene rings is 1. The van der Waals surface area contributed by atoms with E-state index in [4.69, 9.17) is 4.74 Å². The van der Waals surface area contributed by atoms with Crippen LogP contribution in [0.15, 0.2) is 36.4 Å². The number of esters is 1. The molecule has 1 aliphatic heterocycles. The van der Waals surface area contributed by atoms with Crippen LogP contribution in [-0.4, -0.2) is 70.1 Å². The lowest BCUT2D eigenvalue weighted by molar-refractivity contribution is -0.140. The first kappa shape index (κ1) is 21.0. The maximum atomic E-state index is 12.6. The van der Waals surface area contributed by atoms with Crippen molar-refractivity contribution in [2.75, 3.05) is 32.8 Å². The van der Waals surface area contributed by atoms with Gasteiger partial charge in [0.2, 0.25) is 5.91 Å². The zero-order chi connectivity index (χ0) is 22.0. The molecular weight excluding hydrogens is 416 g/mol. The van der Waals surface area contributed by atoms with Crippen LogP contribution in [0.5, 0.6) is 0 Å². The molecule has 0 spiro atoms. The van der Waals surface area contributed by atoms with Gasteiger partial charge in [-0.25, -0.2) is 4.79 Å². The second kappa shape index (κ2) is 8.89. The van der Waals surface area contributed by atoms with Gasteiger partial charge >= 0.3 is 5.97 Å². The molecule has 0 N–H and O–H groups in total. The summed E-state index contributed by atoms with van der Waals surface area (Å²) < 4.78 is 7.17.